The van der Waals surface area contributed by atoms with Crippen molar-refractivity contribution in [1.82, 2.24) is 15.0 Å². The van der Waals surface area contributed by atoms with Crippen LogP contribution >= 0.6 is 0 Å². The van der Waals surface area contributed by atoms with Crippen LogP contribution < -0.4 is 10.0 Å². The maximum Gasteiger partial charge on any atom is 0.261 e. The second-order valence-electron chi connectivity index (χ2n) is 3.60. The molecular formula is C9H12FN3O2S. The molecule has 0 amide bonds. The first kappa shape index (κ1) is 11.4. The van der Waals surface area contributed by atoms with Crippen LogP contribution in [0, 0.1) is 5.82 Å². The van der Waals surface area contributed by atoms with E-state index in [2.05, 4.69) is 15.0 Å². The topological polar surface area (TPSA) is 71.1 Å². The minimum absolute atomic E-state index is 0.189. The summed E-state index contributed by atoms with van der Waals surface area (Å²) < 4.78 is 39.2. The molecule has 1 fully saturated rings. The molecule has 0 aliphatic carbocycles. The first-order valence-corrected chi connectivity index (χ1v) is 6.41. The average Bonchev–Trinajstić information content (AvgIpc) is 2.70. The molecule has 7 heteroatoms. The lowest BCUT2D eigenvalue weighted by Crippen LogP contribution is -2.37. The molecule has 2 rings (SSSR count). The van der Waals surface area contributed by atoms with E-state index >= 15 is 0 Å². The van der Waals surface area contributed by atoms with Gasteiger partial charge in [0.25, 0.3) is 10.0 Å². The lowest BCUT2D eigenvalue weighted by atomic mass is 10.3. The molecule has 5 nitrogen and oxygen atoms in total. The smallest absolute Gasteiger partial charge is 0.261 e. The highest BCUT2D eigenvalue weighted by Gasteiger charge is 2.25. The second kappa shape index (κ2) is 4.44. The average molecular weight is 245 g/mol. The van der Waals surface area contributed by atoms with E-state index in [0.717, 1.165) is 12.6 Å². The zero-order chi connectivity index (χ0) is 11.6. The van der Waals surface area contributed by atoms with Crippen molar-refractivity contribution in [3.63, 3.8) is 0 Å². The van der Waals surface area contributed by atoms with Crippen LogP contribution in [-0.2, 0) is 10.0 Å². The van der Waals surface area contributed by atoms with Gasteiger partial charge in [0.1, 0.15) is 0 Å². The Bertz CT molecular complexity index is 471. The maximum absolute atomic E-state index is 13.3. The van der Waals surface area contributed by atoms with Crippen molar-refractivity contribution in [2.24, 2.45) is 0 Å². The van der Waals surface area contributed by atoms with E-state index in [0.29, 0.717) is 13.0 Å². The number of halogens is 1. The third kappa shape index (κ3) is 2.37. The van der Waals surface area contributed by atoms with Crippen LogP contribution in [-0.4, -0.2) is 32.5 Å². The monoisotopic (exact) mass is 245 g/mol. The van der Waals surface area contributed by atoms with E-state index in [9.17, 15) is 12.8 Å². The zero-order valence-corrected chi connectivity index (χ0v) is 9.30. The minimum Gasteiger partial charge on any atom is -0.315 e. The van der Waals surface area contributed by atoms with Gasteiger partial charge >= 0.3 is 0 Å². The van der Waals surface area contributed by atoms with Gasteiger partial charge in [-0.2, -0.15) is 0 Å². The summed E-state index contributed by atoms with van der Waals surface area (Å²) in [7, 11) is -3.85. The van der Waals surface area contributed by atoms with Gasteiger partial charge in [0.15, 0.2) is 5.82 Å². The Hall–Kier alpha value is -1.05. The van der Waals surface area contributed by atoms with Gasteiger partial charge in [-0.1, -0.05) is 0 Å². The Labute approximate surface area is 93.1 Å². The van der Waals surface area contributed by atoms with Crippen molar-refractivity contribution in [2.45, 2.75) is 17.5 Å². The highest BCUT2D eigenvalue weighted by molar-refractivity contribution is 7.89. The van der Waals surface area contributed by atoms with Gasteiger partial charge in [0.05, 0.1) is 0 Å². The van der Waals surface area contributed by atoms with Gasteiger partial charge in [0.2, 0.25) is 5.03 Å². The van der Waals surface area contributed by atoms with Crippen LogP contribution in [0.25, 0.3) is 0 Å². The molecule has 1 aromatic rings. The van der Waals surface area contributed by atoms with Gasteiger partial charge in [-0.05, 0) is 25.1 Å². The second-order valence-corrected chi connectivity index (χ2v) is 5.23. The van der Waals surface area contributed by atoms with E-state index in [1.807, 2.05) is 0 Å². The normalized spacial score (nSPS) is 21.2. The molecule has 2 heterocycles. The number of rotatable bonds is 3. The third-order valence-electron chi connectivity index (χ3n) is 2.36. The van der Waals surface area contributed by atoms with Crippen LogP contribution in [0.4, 0.5) is 4.39 Å². The number of pyridine rings is 1. The van der Waals surface area contributed by atoms with Crippen LogP contribution in [0.3, 0.4) is 0 Å². The van der Waals surface area contributed by atoms with E-state index in [1.54, 1.807) is 0 Å². The molecule has 1 aliphatic rings. The van der Waals surface area contributed by atoms with Gasteiger partial charge < -0.3 is 5.32 Å². The van der Waals surface area contributed by atoms with Crippen molar-refractivity contribution in [3.8, 4) is 0 Å². The lowest BCUT2D eigenvalue weighted by molar-refractivity contribution is 0.532. The summed E-state index contributed by atoms with van der Waals surface area (Å²) in [6.07, 6.45) is 1.96. The van der Waals surface area contributed by atoms with Crippen molar-refractivity contribution in [1.29, 1.82) is 0 Å². The van der Waals surface area contributed by atoms with Crippen molar-refractivity contribution >= 4 is 10.0 Å². The zero-order valence-electron chi connectivity index (χ0n) is 8.48. The SMILES string of the molecule is O=S(=O)(NC1CCNC1)c1ncccc1F. The van der Waals surface area contributed by atoms with Gasteiger partial charge in [-0.15, -0.1) is 0 Å². The van der Waals surface area contributed by atoms with Gasteiger partial charge in [-0.25, -0.2) is 22.5 Å². The van der Waals surface area contributed by atoms with E-state index in [1.165, 1.54) is 12.3 Å². The molecule has 16 heavy (non-hydrogen) atoms. The van der Waals surface area contributed by atoms with Crippen molar-refractivity contribution < 1.29 is 12.8 Å². The molecular weight excluding hydrogens is 233 g/mol. The molecule has 0 saturated carbocycles. The van der Waals surface area contributed by atoms with Crippen LogP contribution in [0.1, 0.15) is 6.42 Å². The fourth-order valence-electron chi connectivity index (χ4n) is 1.60. The Kier molecular flexibility index (Phi) is 3.17. The molecule has 0 radical (unpaired) electrons. The Morgan fingerprint density at radius 1 is 1.56 bits per heavy atom. The fourth-order valence-corrected chi connectivity index (χ4v) is 2.88. The number of nitrogens with zero attached hydrogens (tertiary/aromatic N) is 1. The first-order valence-electron chi connectivity index (χ1n) is 4.93. The maximum atomic E-state index is 13.3. The Morgan fingerprint density at radius 2 is 2.38 bits per heavy atom. The predicted octanol–water partition coefficient (Wildman–Crippen LogP) is -0.139. The largest absolute Gasteiger partial charge is 0.315 e. The summed E-state index contributed by atoms with van der Waals surface area (Å²) in [5, 5.41) is 2.48. The number of nitrogens with one attached hydrogen (secondary N) is 2. The van der Waals surface area contributed by atoms with Crippen LogP contribution in [0.2, 0.25) is 0 Å². The minimum atomic E-state index is -3.85. The number of hydrogen-bond donors (Lipinski definition) is 2. The number of aromatic nitrogens is 1. The molecule has 1 saturated heterocycles. The summed E-state index contributed by atoms with van der Waals surface area (Å²) in [5.74, 6) is -0.832. The molecule has 88 valence electrons. The summed E-state index contributed by atoms with van der Waals surface area (Å²) in [4.78, 5) is 3.55. The molecule has 1 atom stereocenters. The quantitative estimate of drug-likeness (QED) is 0.777. The van der Waals surface area contributed by atoms with Crippen LogP contribution in [0.15, 0.2) is 23.4 Å². The van der Waals surface area contributed by atoms with Gasteiger partial charge in [-0.3, -0.25) is 0 Å². The Morgan fingerprint density at radius 3 is 3.00 bits per heavy atom. The van der Waals surface area contributed by atoms with Gasteiger partial charge in [0, 0.05) is 18.8 Å². The highest BCUT2D eigenvalue weighted by atomic mass is 32.2. The molecule has 0 aromatic carbocycles. The molecule has 0 spiro atoms. The van der Waals surface area contributed by atoms with Crippen LogP contribution in [0.5, 0.6) is 0 Å². The molecule has 0 bridgehead atoms. The highest BCUT2D eigenvalue weighted by Crippen LogP contribution is 2.11. The molecule has 1 aromatic heterocycles. The van der Waals surface area contributed by atoms with Crippen molar-refractivity contribution in [2.75, 3.05) is 13.1 Å². The molecule has 1 unspecified atom stereocenters. The lowest BCUT2D eigenvalue weighted by Gasteiger charge is -2.11. The number of hydrogen-bond acceptors (Lipinski definition) is 4. The summed E-state index contributed by atoms with van der Waals surface area (Å²) in [5.41, 5.74) is 0. The summed E-state index contributed by atoms with van der Waals surface area (Å²) in [6.45, 7) is 1.32. The fraction of sp³-hybridized carbons (Fsp3) is 0.444. The van der Waals surface area contributed by atoms with E-state index < -0.39 is 20.9 Å². The Balaban J connectivity index is 2.21. The molecule has 2 N–H and O–H groups in total. The number of sulfonamides is 1. The third-order valence-corrected chi connectivity index (χ3v) is 3.81. The van der Waals surface area contributed by atoms with Crippen molar-refractivity contribution in [3.05, 3.63) is 24.1 Å². The summed E-state index contributed by atoms with van der Waals surface area (Å²) >= 11 is 0. The first-order chi connectivity index (χ1) is 7.59. The summed E-state index contributed by atoms with van der Waals surface area (Å²) in [6, 6.07) is 2.24. The molecule has 1 aliphatic heterocycles. The van der Waals surface area contributed by atoms with E-state index in [-0.39, 0.29) is 6.04 Å². The predicted molar refractivity (Wildman–Crippen MR) is 55.8 cm³/mol. The standard InChI is InChI=1S/C9H12FN3O2S/c10-8-2-1-4-12-9(8)16(14,15)13-7-3-5-11-6-7/h1-2,4,7,11,13H,3,5-6H2. The van der Waals surface area contributed by atoms with E-state index in [4.69, 9.17) is 0 Å².